The average molecular weight is 270 g/mol. The number of carbonyl (C=O) groups is 1. The number of nitrogens with one attached hydrogen (secondary N) is 1. The molecule has 4 heteroatoms. The van der Waals surface area contributed by atoms with Gasteiger partial charge in [-0.05, 0) is 24.6 Å². The smallest absolute Gasteiger partial charge is 0.312 e. The maximum absolute atomic E-state index is 11.4. The van der Waals surface area contributed by atoms with E-state index in [1.807, 2.05) is 55.5 Å². The Morgan fingerprint density at radius 1 is 1.20 bits per heavy atom. The fourth-order valence-electron chi connectivity index (χ4n) is 2.06. The monoisotopic (exact) mass is 270 g/mol. The number of hydrogen-bond donors (Lipinski definition) is 2. The van der Waals surface area contributed by atoms with Gasteiger partial charge in [-0.25, -0.2) is 0 Å². The first-order chi connectivity index (χ1) is 9.68. The van der Waals surface area contributed by atoms with E-state index in [4.69, 9.17) is 0 Å². The molecule has 1 aromatic heterocycles. The van der Waals surface area contributed by atoms with Crippen LogP contribution in [0.2, 0.25) is 0 Å². The van der Waals surface area contributed by atoms with Crippen LogP contribution in [0, 0.1) is 0 Å². The molecule has 104 valence electrons. The first kappa shape index (κ1) is 14.2. The van der Waals surface area contributed by atoms with Gasteiger partial charge in [-0.2, -0.15) is 0 Å². The van der Waals surface area contributed by atoms with Crippen molar-refractivity contribution in [3.8, 4) is 0 Å². The molecule has 1 aromatic carbocycles. The van der Waals surface area contributed by atoms with Gasteiger partial charge in [-0.3, -0.25) is 9.78 Å². The summed E-state index contributed by atoms with van der Waals surface area (Å²) in [5, 5.41) is 12.6. The summed E-state index contributed by atoms with van der Waals surface area (Å²) in [7, 11) is 0. The van der Waals surface area contributed by atoms with Crippen LogP contribution in [0.3, 0.4) is 0 Å². The van der Waals surface area contributed by atoms with E-state index in [1.54, 1.807) is 6.20 Å². The quantitative estimate of drug-likeness (QED) is 0.847. The van der Waals surface area contributed by atoms with Crippen LogP contribution >= 0.6 is 0 Å². The molecule has 1 heterocycles. The van der Waals surface area contributed by atoms with Crippen LogP contribution in [0.4, 0.5) is 0 Å². The number of benzene rings is 1. The van der Waals surface area contributed by atoms with Crippen LogP contribution in [0.15, 0.2) is 54.7 Å². The van der Waals surface area contributed by atoms with Crippen molar-refractivity contribution in [3.05, 3.63) is 66.0 Å². The van der Waals surface area contributed by atoms with Gasteiger partial charge in [0.05, 0.1) is 11.6 Å². The predicted molar refractivity (Wildman–Crippen MR) is 77.5 cm³/mol. The number of aromatic nitrogens is 1. The van der Waals surface area contributed by atoms with E-state index >= 15 is 0 Å². The van der Waals surface area contributed by atoms with Gasteiger partial charge in [-0.1, -0.05) is 36.4 Å². The third-order valence-electron chi connectivity index (χ3n) is 3.26. The molecule has 0 aliphatic carbocycles. The third kappa shape index (κ3) is 3.65. The van der Waals surface area contributed by atoms with Crippen LogP contribution < -0.4 is 5.32 Å². The fraction of sp³-hybridized carbons (Fsp3) is 0.250. The molecule has 2 atom stereocenters. The SMILES string of the molecule is C[C@H](NCC(C(=O)O)c1ccccc1)c1ccccn1. The summed E-state index contributed by atoms with van der Waals surface area (Å²) in [5.74, 6) is -1.38. The van der Waals surface area contributed by atoms with Gasteiger partial charge in [0, 0.05) is 18.8 Å². The molecule has 0 spiro atoms. The van der Waals surface area contributed by atoms with Crippen molar-refractivity contribution in [1.82, 2.24) is 10.3 Å². The van der Waals surface area contributed by atoms with Gasteiger partial charge < -0.3 is 10.4 Å². The lowest BCUT2D eigenvalue weighted by atomic mass is 9.99. The lowest BCUT2D eigenvalue weighted by molar-refractivity contribution is -0.138. The second kappa shape index (κ2) is 6.82. The molecule has 1 unspecified atom stereocenters. The molecule has 2 N–H and O–H groups in total. The number of pyridine rings is 1. The molecular weight excluding hydrogens is 252 g/mol. The molecule has 0 aliphatic heterocycles. The van der Waals surface area contributed by atoms with Crippen molar-refractivity contribution in [2.24, 2.45) is 0 Å². The molecule has 0 saturated carbocycles. The molecule has 2 rings (SSSR count). The molecular formula is C16H18N2O2. The maximum atomic E-state index is 11.4. The minimum atomic E-state index is -0.822. The Hall–Kier alpha value is -2.20. The van der Waals surface area contributed by atoms with Crippen LogP contribution in [0.1, 0.15) is 30.1 Å². The van der Waals surface area contributed by atoms with Crippen molar-refractivity contribution in [2.45, 2.75) is 18.9 Å². The standard InChI is InChI=1S/C16H18N2O2/c1-12(15-9-5-6-10-17-15)18-11-14(16(19)20)13-7-3-2-4-8-13/h2-10,12,14,18H,11H2,1H3,(H,19,20)/t12-,14?/m0/s1. The summed E-state index contributed by atoms with van der Waals surface area (Å²) >= 11 is 0. The van der Waals surface area contributed by atoms with Crippen molar-refractivity contribution >= 4 is 5.97 Å². The number of rotatable bonds is 6. The molecule has 0 saturated heterocycles. The molecule has 4 nitrogen and oxygen atoms in total. The fourth-order valence-corrected chi connectivity index (χ4v) is 2.06. The Balaban J connectivity index is 2.02. The predicted octanol–water partition coefficient (Wildman–Crippen LogP) is 2.60. The normalized spacial score (nSPS) is 13.7. The second-order valence-corrected chi connectivity index (χ2v) is 4.69. The summed E-state index contributed by atoms with van der Waals surface area (Å²) in [4.78, 5) is 15.7. The molecule has 0 bridgehead atoms. The molecule has 2 aromatic rings. The van der Waals surface area contributed by atoms with E-state index in [1.165, 1.54) is 0 Å². The van der Waals surface area contributed by atoms with Crippen molar-refractivity contribution in [2.75, 3.05) is 6.54 Å². The van der Waals surface area contributed by atoms with E-state index in [9.17, 15) is 9.90 Å². The zero-order valence-electron chi connectivity index (χ0n) is 11.4. The van der Waals surface area contributed by atoms with E-state index in [0.29, 0.717) is 6.54 Å². The first-order valence-corrected chi connectivity index (χ1v) is 6.60. The van der Waals surface area contributed by atoms with Crippen molar-refractivity contribution in [3.63, 3.8) is 0 Å². The Labute approximate surface area is 118 Å². The zero-order chi connectivity index (χ0) is 14.4. The highest BCUT2D eigenvalue weighted by molar-refractivity contribution is 5.76. The number of carboxylic acid groups (broad SMARTS) is 1. The molecule has 0 fully saturated rings. The second-order valence-electron chi connectivity index (χ2n) is 4.69. The van der Waals surface area contributed by atoms with Crippen LogP contribution in [0.5, 0.6) is 0 Å². The highest BCUT2D eigenvalue weighted by Crippen LogP contribution is 2.17. The molecule has 20 heavy (non-hydrogen) atoms. The summed E-state index contributed by atoms with van der Waals surface area (Å²) in [5.41, 5.74) is 1.71. The van der Waals surface area contributed by atoms with Gasteiger partial charge in [0.1, 0.15) is 0 Å². The summed E-state index contributed by atoms with van der Waals surface area (Å²) < 4.78 is 0. The zero-order valence-corrected chi connectivity index (χ0v) is 11.4. The highest BCUT2D eigenvalue weighted by atomic mass is 16.4. The Morgan fingerprint density at radius 2 is 1.90 bits per heavy atom. The number of aliphatic carboxylic acids is 1. The largest absolute Gasteiger partial charge is 0.481 e. The average Bonchev–Trinajstić information content (AvgIpc) is 2.49. The van der Waals surface area contributed by atoms with Crippen molar-refractivity contribution in [1.29, 1.82) is 0 Å². The highest BCUT2D eigenvalue weighted by Gasteiger charge is 2.20. The van der Waals surface area contributed by atoms with Crippen LogP contribution in [-0.2, 0) is 4.79 Å². The van der Waals surface area contributed by atoms with Crippen LogP contribution in [-0.4, -0.2) is 22.6 Å². The lowest BCUT2D eigenvalue weighted by Crippen LogP contribution is -2.29. The van der Waals surface area contributed by atoms with Crippen molar-refractivity contribution < 1.29 is 9.90 Å². The summed E-state index contributed by atoms with van der Waals surface area (Å²) in [6.07, 6.45) is 1.74. The minimum Gasteiger partial charge on any atom is -0.481 e. The van der Waals surface area contributed by atoms with E-state index in [0.717, 1.165) is 11.3 Å². The van der Waals surface area contributed by atoms with E-state index in [-0.39, 0.29) is 6.04 Å². The van der Waals surface area contributed by atoms with E-state index < -0.39 is 11.9 Å². The lowest BCUT2D eigenvalue weighted by Gasteiger charge is -2.18. The number of nitrogens with zero attached hydrogens (tertiary/aromatic N) is 1. The van der Waals surface area contributed by atoms with Gasteiger partial charge in [0.25, 0.3) is 0 Å². The van der Waals surface area contributed by atoms with Gasteiger partial charge in [0.2, 0.25) is 0 Å². The molecule has 0 radical (unpaired) electrons. The number of carboxylic acids is 1. The van der Waals surface area contributed by atoms with Gasteiger partial charge >= 0.3 is 5.97 Å². The van der Waals surface area contributed by atoms with E-state index in [2.05, 4.69) is 10.3 Å². The Bertz CT molecular complexity index is 543. The Morgan fingerprint density at radius 3 is 2.50 bits per heavy atom. The molecule has 0 amide bonds. The third-order valence-corrected chi connectivity index (χ3v) is 3.26. The molecule has 0 aliphatic rings. The first-order valence-electron chi connectivity index (χ1n) is 6.60. The minimum absolute atomic E-state index is 0.0155. The summed E-state index contributed by atoms with van der Waals surface area (Å²) in [6.45, 7) is 2.35. The number of hydrogen-bond acceptors (Lipinski definition) is 3. The topological polar surface area (TPSA) is 62.2 Å². The summed E-state index contributed by atoms with van der Waals surface area (Å²) in [6, 6.07) is 15.0. The Kier molecular flexibility index (Phi) is 4.85. The van der Waals surface area contributed by atoms with Crippen LogP contribution in [0.25, 0.3) is 0 Å². The maximum Gasteiger partial charge on any atom is 0.312 e. The van der Waals surface area contributed by atoms with Gasteiger partial charge in [-0.15, -0.1) is 0 Å². The van der Waals surface area contributed by atoms with Gasteiger partial charge in [0.15, 0.2) is 0 Å².